The van der Waals surface area contributed by atoms with Gasteiger partial charge in [-0.05, 0) is 48.2 Å². The van der Waals surface area contributed by atoms with E-state index in [0.717, 1.165) is 22.5 Å². The molecule has 0 atom stereocenters. The Balaban J connectivity index is 1.81. The molecule has 2 aromatic carbocycles. The highest BCUT2D eigenvalue weighted by molar-refractivity contribution is 7.21. The van der Waals surface area contributed by atoms with E-state index in [9.17, 15) is 14.9 Å². The molecular formula is C26H23N5O2S. The van der Waals surface area contributed by atoms with Gasteiger partial charge in [-0.2, -0.15) is 5.26 Å². The first kappa shape index (κ1) is 23.0. The van der Waals surface area contributed by atoms with Crippen molar-refractivity contribution in [2.45, 2.75) is 26.7 Å². The summed E-state index contributed by atoms with van der Waals surface area (Å²) in [6, 6.07) is 16.6. The minimum absolute atomic E-state index is 0.0578. The van der Waals surface area contributed by atoms with Crippen molar-refractivity contribution in [2.24, 2.45) is 0 Å². The van der Waals surface area contributed by atoms with Crippen LogP contribution in [0.1, 0.15) is 57.8 Å². The lowest BCUT2D eigenvalue weighted by Gasteiger charge is -2.11. The van der Waals surface area contributed by atoms with Crippen LogP contribution in [-0.4, -0.2) is 16.7 Å². The zero-order chi connectivity index (χ0) is 24.6. The Bertz CT molecular complexity index is 1460. The van der Waals surface area contributed by atoms with Gasteiger partial charge in [0.2, 0.25) is 0 Å². The van der Waals surface area contributed by atoms with Crippen LogP contribution in [0.25, 0.3) is 21.3 Å². The maximum absolute atomic E-state index is 13.1. The van der Waals surface area contributed by atoms with Gasteiger partial charge in [0, 0.05) is 22.2 Å². The molecule has 5 N–H and O–H groups in total. The predicted molar refractivity (Wildman–Crippen MR) is 137 cm³/mol. The summed E-state index contributed by atoms with van der Waals surface area (Å²) in [5, 5.41) is 13.2. The number of ketones is 1. The molecule has 34 heavy (non-hydrogen) atoms. The Morgan fingerprint density at radius 3 is 2.26 bits per heavy atom. The van der Waals surface area contributed by atoms with Crippen LogP contribution in [0.5, 0.6) is 0 Å². The van der Waals surface area contributed by atoms with Crippen molar-refractivity contribution in [2.75, 3.05) is 16.8 Å². The van der Waals surface area contributed by atoms with E-state index in [2.05, 4.69) is 30.2 Å². The topological polar surface area (TPSA) is 135 Å². The molecule has 170 valence electrons. The molecule has 0 aliphatic carbocycles. The Morgan fingerprint density at radius 1 is 1.06 bits per heavy atom. The number of nitrogens with two attached hydrogens (primary N) is 2. The number of carbonyl (C=O) groups excluding carboxylic acids is 2. The second-order valence-corrected chi connectivity index (χ2v) is 9.25. The number of aromatic nitrogens is 1. The number of anilines is 3. The van der Waals surface area contributed by atoms with Crippen molar-refractivity contribution in [1.29, 1.82) is 5.26 Å². The molecule has 0 saturated carbocycles. The number of Topliss-reactive ketones (excluding diaryl/α,β-unsaturated/α-hetero) is 1. The van der Waals surface area contributed by atoms with Crippen molar-refractivity contribution >= 4 is 50.4 Å². The quantitative estimate of drug-likeness (QED) is 0.327. The first-order chi connectivity index (χ1) is 16.2. The van der Waals surface area contributed by atoms with Gasteiger partial charge in [-0.15, -0.1) is 11.3 Å². The summed E-state index contributed by atoms with van der Waals surface area (Å²) in [6.45, 7) is 5.69. The molecule has 8 heteroatoms. The van der Waals surface area contributed by atoms with E-state index in [1.54, 1.807) is 24.3 Å². The van der Waals surface area contributed by atoms with Gasteiger partial charge < -0.3 is 16.8 Å². The molecule has 7 nitrogen and oxygen atoms in total. The van der Waals surface area contributed by atoms with Crippen LogP contribution in [0.2, 0.25) is 0 Å². The summed E-state index contributed by atoms with van der Waals surface area (Å²) in [5.74, 6) is -0.0178. The lowest BCUT2D eigenvalue weighted by atomic mass is 9.94. The Labute approximate surface area is 201 Å². The summed E-state index contributed by atoms with van der Waals surface area (Å²) in [6.07, 6.45) is 0. The zero-order valence-electron chi connectivity index (χ0n) is 19.0. The van der Waals surface area contributed by atoms with Crippen LogP contribution in [-0.2, 0) is 0 Å². The van der Waals surface area contributed by atoms with Crippen molar-refractivity contribution in [1.82, 2.24) is 4.98 Å². The van der Waals surface area contributed by atoms with E-state index in [4.69, 9.17) is 11.5 Å². The molecule has 0 saturated heterocycles. The van der Waals surface area contributed by atoms with E-state index in [0.29, 0.717) is 32.9 Å². The number of nitrogens with zero attached hydrogens (tertiary/aromatic N) is 2. The number of pyridine rings is 1. The van der Waals surface area contributed by atoms with Crippen LogP contribution in [0.15, 0.2) is 48.5 Å². The van der Waals surface area contributed by atoms with Crippen LogP contribution >= 0.6 is 11.3 Å². The van der Waals surface area contributed by atoms with E-state index in [1.807, 2.05) is 24.3 Å². The Morgan fingerprint density at radius 2 is 1.71 bits per heavy atom. The number of nitrogens with one attached hydrogen (secondary N) is 1. The summed E-state index contributed by atoms with van der Waals surface area (Å²) in [5.41, 5.74) is 16.6. The third-order valence-electron chi connectivity index (χ3n) is 5.64. The average molecular weight is 470 g/mol. The van der Waals surface area contributed by atoms with Gasteiger partial charge in [-0.1, -0.05) is 38.1 Å². The molecule has 0 bridgehead atoms. The zero-order valence-corrected chi connectivity index (χ0v) is 19.8. The number of rotatable bonds is 5. The van der Waals surface area contributed by atoms with Crippen molar-refractivity contribution in [3.63, 3.8) is 0 Å². The molecule has 0 unspecified atom stereocenters. The highest BCUT2D eigenvalue weighted by Crippen LogP contribution is 2.43. The van der Waals surface area contributed by atoms with Gasteiger partial charge in [0.05, 0.1) is 5.69 Å². The molecule has 0 radical (unpaired) electrons. The van der Waals surface area contributed by atoms with Gasteiger partial charge in [-0.3, -0.25) is 9.59 Å². The maximum atomic E-state index is 13.1. The predicted octanol–water partition coefficient (Wildman–Crippen LogP) is 5.58. The molecule has 0 spiro atoms. The van der Waals surface area contributed by atoms with E-state index in [-0.39, 0.29) is 27.7 Å². The smallest absolute Gasteiger partial charge is 0.267 e. The van der Waals surface area contributed by atoms with Gasteiger partial charge in [0.15, 0.2) is 5.78 Å². The van der Waals surface area contributed by atoms with E-state index >= 15 is 0 Å². The van der Waals surface area contributed by atoms with Crippen molar-refractivity contribution in [3.8, 4) is 17.2 Å². The highest BCUT2D eigenvalue weighted by atomic mass is 32.1. The third-order valence-corrected chi connectivity index (χ3v) is 6.74. The summed E-state index contributed by atoms with van der Waals surface area (Å²) in [7, 11) is 0. The summed E-state index contributed by atoms with van der Waals surface area (Å²) >= 11 is 1.12. The third kappa shape index (κ3) is 4.09. The minimum Gasteiger partial charge on any atom is -0.397 e. The number of fused-ring (bicyclic) bond motifs is 1. The fraction of sp³-hybridized carbons (Fsp3) is 0.154. The lowest BCUT2D eigenvalue weighted by molar-refractivity contribution is 0.101. The van der Waals surface area contributed by atoms with Gasteiger partial charge in [0.25, 0.3) is 5.91 Å². The Kier molecular flexibility index (Phi) is 6.05. The molecule has 4 aromatic rings. The monoisotopic (exact) mass is 469 g/mol. The Hall–Kier alpha value is -4.22. The fourth-order valence-electron chi connectivity index (χ4n) is 3.75. The highest BCUT2D eigenvalue weighted by Gasteiger charge is 2.24. The molecule has 4 rings (SSSR count). The fourth-order valence-corrected chi connectivity index (χ4v) is 4.76. The van der Waals surface area contributed by atoms with Gasteiger partial charge >= 0.3 is 0 Å². The number of hydrogen-bond acceptors (Lipinski definition) is 7. The largest absolute Gasteiger partial charge is 0.397 e. The molecule has 0 aliphatic rings. The first-order valence-corrected chi connectivity index (χ1v) is 11.5. The van der Waals surface area contributed by atoms with Gasteiger partial charge in [-0.25, -0.2) is 4.98 Å². The number of thiophene rings is 1. The van der Waals surface area contributed by atoms with Crippen LogP contribution < -0.4 is 16.8 Å². The molecule has 2 heterocycles. The second kappa shape index (κ2) is 8.96. The molecule has 0 fully saturated rings. The van der Waals surface area contributed by atoms with E-state index < -0.39 is 5.91 Å². The van der Waals surface area contributed by atoms with Crippen LogP contribution in [0.4, 0.5) is 17.2 Å². The number of hydrogen-bond donors (Lipinski definition) is 3. The molecule has 0 aliphatic heterocycles. The SMILES string of the molecule is CC(=O)c1ccc(NC(=O)c2sc3nc(N)c(C#N)c(-c4ccc(C(C)C)cc4)c3c2N)cc1. The molecule has 1 amide bonds. The number of benzene rings is 2. The van der Waals surface area contributed by atoms with Crippen molar-refractivity contribution in [3.05, 3.63) is 70.1 Å². The standard InChI is InChI=1S/C26H23N5O2S/c1-13(2)15-4-6-17(7-5-15)20-19(12-27)24(29)31-26-21(20)22(28)23(34-26)25(33)30-18-10-8-16(9-11-18)14(3)32/h4-11,13H,28H2,1-3H3,(H2,29,31)(H,30,33). The first-order valence-electron chi connectivity index (χ1n) is 10.7. The number of amides is 1. The maximum Gasteiger partial charge on any atom is 0.267 e. The van der Waals surface area contributed by atoms with Crippen molar-refractivity contribution < 1.29 is 9.59 Å². The summed E-state index contributed by atoms with van der Waals surface area (Å²) < 4.78 is 0. The van der Waals surface area contributed by atoms with Gasteiger partial charge in [0.1, 0.15) is 27.2 Å². The number of nitriles is 1. The normalized spacial score (nSPS) is 10.9. The number of carbonyl (C=O) groups is 2. The van der Waals surface area contributed by atoms with Crippen LogP contribution in [0, 0.1) is 11.3 Å². The molecule has 2 aromatic heterocycles. The van der Waals surface area contributed by atoms with E-state index in [1.165, 1.54) is 6.92 Å². The van der Waals surface area contributed by atoms with Crippen LogP contribution in [0.3, 0.4) is 0 Å². The average Bonchev–Trinajstić information content (AvgIpc) is 3.14. The second-order valence-electron chi connectivity index (χ2n) is 8.25. The lowest BCUT2D eigenvalue weighted by Crippen LogP contribution is -2.12. The summed E-state index contributed by atoms with van der Waals surface area (Å²) in [4.78, 5) is 29.6. The molecular weight excluding hydrogens is 446 g/mol. The minimum atomic E-state index is -0.408. The number of nitrogen functional groups attached to an aromatic ring is 2.